The van der Waals surface area contributed by atoms with Crippen LogP contribution in [0.4, 0.5) is 0 Å². The molecule has 0 saturated heterocycles. The van der Waals surface area contributed by atoms with Gasteiger partial charge in [0.05, 0.1) is 12.3 Å². The first-order valence-corrected chi connectivity index (χ1v) is 8.90. The van der Waals surface area contributed by atoms with E-state index in [0.717, 1.165) is 36.8 Å². The minimum Gasteiger partial charge on any atom is -0.464 e. The molecule has 0 aromatic carbocycles. The van der Waals surface area contributed by atoms with Gasteiger partial charge in [-0.3, -0.25) is 4.21 Å². The molecule has 0 bridgehead atoms. The van der Waals surface area contributed by atoms with Gasteiger partial charge < -0.3 is 9.73 Å². The van der Waals surface area contributed by atoms with Gasteiger partial charge in [0.1, 0.15) is 11.5 Å². The van der Waals surface area contributed by atoms with E-state index in [1.54, 1.807) is 0 Å². The van der Waals surface area contributed by atoms with Gasteiger partial charge in [0.15, 0.2) is 0 Å². The van der Waals surface area contributed by atoms with Gasteiger partial charge in [-0.05, 0) is 43.9 Å². The average molecular weight is 283 g/mol. The number of hydrogen-bond acceptors (Lipinski definition) is 3. The van der Waals surface area contributed by atoms with Gasteiger partial charge in [-0.2, -0.15) is 0 Å². The lowest BCUT2D eigenvalue weighted by atomic mass is 10.1. The van der Waals surface area contributed by atoms with Crippen molar-refractivity contribution >= 4 is 10.8 Å². The van der Waals surface area contributed by atoms with Crippen molar-refractivity contribution < 1.29 is 8.63 Å². The summed E-state index contributed by atoms with van der Waals surface area (Å²) in [5.41, 5.74) is 0. The Morgan fingerprint density at radius 1 is 1.32 bits per heavy atom. The van der Waals surface area contributed by atoms with Gasteiger partial charge in [-0.15, -0.1) is 0 Å². The van der Waals surface area contributed by atoms with Gasteiger partial charge in [-0.25, -0.2) is 0 Å². The van der Waals surface area contributed by atoms with Crippen molar-refractivity contribution in [2.24, 2.45) is 5.92 Å². The van der Waals surface area contributed by atoms with E-state index in [9.17, 15) is 4.21 Å². The second-order valence-corrected chi connectivity index (χ2v) is 6.95. The Labute approximate surface area is 118 Å². The van der Waals surface area contributed by atoms with Crippen molar-refractivity contribution in [1.29, 1.82) is 0 Å². The summed E-state index contributed by atoms with van der Waals surface area (Å²) in [6.07, 6.45) is 6.27. The smallest absolute Gasteiger partial charge is 0.118 e. The molecule has 1 fully saturated rings. The first-order valence-electron chi connectivity index (χ1n) is 7.41. The standard InChI is InChI=1S/C15H25NO2S/c1-2-9-16-10-14-7-8-15(18-14)12-19(17)11-13-5-3-4-6-13/h7-8,13,16H,2-6,9-12H2,1H3. The molecule has 1 saturated carbocycles. The van der Waals surface area contributed by atoms with E-state index < -0.39 is 10.8 Å². The Balaban J connectivity index is 1.73. The molecule has 0 aliphatic heterocycles. The minimum absolute atomic E-state index is 0.574. The van der Waals surface area contributed by atoms with Crippen LogP contribution in [0.2, 0.25) is 0 Å². The SMILES string of the molecule is CCCNCc1ccc(CS(=O)CC2CCCC2)o1. The maximum atomic E-state index is 12.1. The van der Waals surface area contributed by atoms with E-state index in [-0.39, 0.29) is 0 Å². The van der Waals surface area contributed by atoms with Crippen LogP contribution >= 0.6 is 0 Å². The van der Waals surface area contributed by atoms with Crippen LogP contribution in [0.15, 0.2) is 16.5 Å². The van der Waals surface area contributed by atoms with Crippen molar-refractivity contribution in [1.82, 2.24) is 5.32 Å². The van der Waals surface area contributed by atoms with Crippen molar-refractivity contribution in [2.45, 2.75) is 51.3 Å². The Morgan fingerprint density at radius 2 is 2.05 bits per heavy atom. The fourth-order valence-corrected chi connectivity index (χ4v) is 4.09. The number of nitrogens with one attached hydrogen (secondary N) is 1. The summed E-state index contributed by atoms with van der Waals surface area (Å²) >= 11 is 0. The van der Waals surface area contributed by atoms with Crippen LogP contribution in [0, 0.1) is 5.92 Å². The normalized spacial score (nSPS) is 17.9. The summed E-state index contributed by atoms with van der Waals surface area (Å²) < 4.78 is 17.8. The highest BCUT2D eigenvalue weighted by molar-refractivity contribution is 7.84. The average Bonchev–Trinajstić information content (AvgIpc) is 3.02. The molecule has 3 nitrogen and oxygen atoms in total. The lowest BCUT2D eigenvalue weighted by molar-refractivity contribution is 0.458. The van der Waals surface area contributed by atoms with Crippen LogP contribution in [0.5, 0.6) is 0 Å². The lowest BCUT2D eigenvalue weighted by Gasteiger charge is -2.07. The van der Waals surface area contributed by atoms with Gasteiger partial charge in [0.2, 0.25) is 0 Å². The zero-order chi connectivity index (χ0) is 13.5. The predicted molar refractivity (Wildman–Crippen MR) is 79.4 cm³/mol. The summed E-state index contributed by atoms with van der Waals surface area (Å²) in [7, 11) is -0.769. The van der Waals surface area contributed by atoms with Crippen molar-refractivity contribution in [3.8, 4) is 0 Å². The van der Waals surface area contributed by atoms with Gasteiger partial charge in [-0.1, -0.05) is 19.8 Å². The van der Waals surface area contributed by atoms with Gasteiger partial charge >= 0.3 is 0 Å². The summed E-state index contributed by atoms with van der Waals surface area (Å²) in [6, 6.07) is 3.96. The Bertz CT molecular complexity index is 397. The molecular formula is C15H25NO2S. The quantitative estimate of drug-likeness (QED) is 0.745. The maximum absolute atomic E-state index is 12.1. The number of rotatable bonds is 8. The molecule has 0 amide bonds. The zero-order valence-corrected chi connectivity index (χ0v) is 12.6. The van der Waals surface area contributed by atoms with Crippen molar-refractivity contribution in [3.63, 3.8) is 0 Å². The Morgan fingerprint density at radius 3 is 2.79 bits per heavy atom. The van der Waals surface area contributed by atoms with E-state index in [1.807, 2.05) is 12.1 Å². The molecule has 1 heterocycles. The summed E-state index contributed by atoms with van der Waals surface area (Å²) in [4.78, 5) is 0. The van der Waals surface area contributed by atoms with E-state index >= 15 is 0 Å². The molecule has 2 rings (SSSR count). The summed E-state index contributed by atoms with van der Waals surface area (Å²) in [6.45, 7) is 3.92. The van der Waals surface area contributed by atoms with Crippen LogP contribution < -0.4 is 5.32 Å². The highest BCUT2D eigenvalue weighted by Gasteiger charge is 2.18. The summed E-state index contributed by atoms with van der Waals surface area (Å²) in [5.74, 6) is 3.92. The molecular weight excluding hydrogens is 258 g/mol. The molecule has 4 heteroatoms. The minimum atomic E-state index is -0.769. The maximum Gasteiger partial charge on any atom is 0.118 e. The van der Waals surface area contributed by atoms with Crippen molar-refractivity contribution in [2.75, 3.05) is 12.3 Å². The van der Waals surface area contributed by atoms with Crippen LogP contribution in [-0.4, -0.2) is 16.5 Å². The molecule has 19 heavy (non-hydrogen) atoms. The molecule has 108 valence electrons. The number of furan rings is 1. The van der Waals surface area contributed by atoms with E-state index in [2.05, 4.69) is 12.2 Å². The Kier molecular flexibility index (Phi) is 6.11. The second kappa shape index (κ2) is 7.85. The molecule has 1 atom stereocenters. The van der Waals surface area contributed by atoms with Crippen molar-refractivity contribution in [3.05, 3.63) is 23.7 Å². The topological polar surface area (TPSA) is 42.2 Å². The molecule has 0 spiro atoms. The zero-order valence-electron chi connectivity index (χ0n) is 11.8. The third-order valence-corrected chi connectivity index (χ3v) is 5.09. The molecule has 0 radical (unpaired) electrons. The lowest BCUT2D eigenvalue weighted by Crippen LogP contribution is -2.13. The van der Waals surface area contributed by atoms with Gasteiger partial charge in [0.25, 0.3) is 0 Å². The van der Waals surface area contributed by atoms with Gasteiger partial charge in [0, 0.05) is 16.6 Å². The molecule has 1 aliphatic rings. The molecule has 1 aromatic rings. The van der Waals surface area contributed by atoms with Crippen LogP contribution in [0.3, 0.4) is 0 Å². The number of hydrogen-bond donors (Lipinski definition) is 1. The molecule has 1 N–H and O–H groups in total. The fourth-order valence-electron chi connectivity index (χ4n) is 2.64. The highest BCUT2D eigenvalue weighted by Crippen LogP contribution is 2.26. The third-order valence-electron chi connectivity index (χ3n) is 3.64. The Hall–Kier alpha value is -0.610. The highest BCUT2D eigenvalue weighted by atomic mass is 32.2. The monoisotopic (exact) mass is 283 g/mol. The van der Waals surface area contributed by atoms with E-state index in [4.69, 9.17) is 4.42 Å². The largest absolute Gasteiger partial charge is 0.464 e. The first-order chi connectivity index (χ1) is 9.28. The molecule has 1 aliphatic carbocycles. The third kappa shape index (κ3) is 5.11. The first kappa shape index (κ1) is 14.8. The molecule has 1 aromatic heterocycles. The second-order valence-electron chi connectivity index (χ2n) is 5.45. The van der Waals surface area contributed by atoms with E-state index in [0.29, 0.717) is 11.7 Å². The summed E-state index contributed by atoms with van der Waals surface area (Å²) in [5, 5.41) is 3.31. The molecule has 1 unspecified atom stereocenters. The predicted octanol–water partition coefficient (Wildman–Crippen LogP) is 3.22. The van der Waals surface area contributed by atoms with Crippen LogP contribution in [-0.2, 0) is 23.1 Å². The van der Waals surface area contributed by atoms with Crippen LogP contribution in [0.25, 0.3) is 0 Å². The van der Waals surface area contributed by atoms with Crippen LogP contribution in [0.1, 0.15) is 50.5 Å². The van der Waals surface area contributed by atoms with E-state index in [1.165, 1.54) is 25.7 Å². The fraction of sp³-hybridized carbons (Fsp3) is 0.733.